The molecule has 0 heterocycles. The van der Waals surface area contributed by atoms with E-state index in [2.05, 4.69) is 0 Å². The molecular formula is C16H14ClF2NO. The molecule has 2 nitrogen and oxygen atoms in total. The van der Waals surface area contributed by atoms with Gasteiger partial charge in [-0.1, -0.05) is 23.7 Å². The number of carbonyl (C=O) groups is 1. The third-order valence-corrected chi connectivity index (χ3v) is 3.73. The fraction of sp³-hybridized carbons (Fsp3) is 0.188. The number of rotatable bonds is 3. The van der Waals surface area contributed by atoms with E-state index < -0.39 is 5.82 Å². The van der Waals surface area contributed by atoms with Gasteiger partial charge in [-0.05, 0) is 42.8 Å². The molecule has 0 aliphatic heterocycles. The molecule has 0 aliphatic rings. The lowest BCUT2D eigenvalue weighted by Gasteiger charge is -2.25. The van der Waals surface area contributed by atoms with Crippen LogP contribution in [0.25, 0.3) is 0 Å². The molecule has 2 rings (SSSR count). The van der Waals surface area contributed by atoms with Gasteiger partial charge in [0.2, 0.25) is 0 Å². The number of halogens is 3. The van der Waals surface area contributed by atoms with Crippen LogP contribution in [0.5, 0.6) is 0 Å². The Morgan fingerprint density at radius 3 is 2.24 bits per heavy atom. The summed E-state index contributed by atoms with van der Waals surface area (Å²) in [6, 6.07) is 9.31. The van der Waals surface area contributed by atoms with E-state index >= 15 is 0 Å². The Balaban J connectivity index is 2.24. The van der Waals surface area contributed by atoms with Crippen LogP contribution in [0.1, 0.15) is 28.9 Å². The van der Waals surface area contributed by atoms with Crippen molar-refractivity contribution in [1.29, 1.82) is 0 Å². The van der Waals surface area contributed by atoms with Gasteiger partial charge in [0.05, 0.1) is 16.6 Å². The summed E-state index contributed by atoms with van der Waals surface area (Å²) in [5.41, 5.74) is 1.03. The summed E-state index contributed by atoms with van der Waals surface area (Å²) in [6.07, 6.45) is 0. The van der Waals surface area contributed by atoms with Crippen molar-refractivity contribution in [3.05, 3.63) is 70.2 Å². The molecule has 0 bridgehead atoms. The maximum Gasteiger partial charge on any atom is 0.255 e. The highest BCUT2D eigenvalue weighted by Gasteiger charge is 2.21. The molecule has 21 heavy (non-hydrogen) atoms. The standard InChI is InChI=1S/C16H14ClF2NO/c1-10(11-3-5-12(18)6-4-11)20(2)16(21)14-8-7-13(19)9-15(14)17/h3-10H,1-2H3. The number of carbonyl (C=O) groups excluding carboxylic acids is 1. The van der Waals surface area contributed by atoms with Crippen LogP contribution in [-0.2, 0) is 0 Å². The van der Waals surface area contributed by atoms with Gasteiger partial charge in [0, 0.05) is 7.05 Å². The van der Waals surface area contributed by atoms with E-state index in [1.54, 1.807) is 19.2 Å². The SMILES string of the molecule is CC(c1ccc(F)cc1)N(C)C(=O)c1ccc(F)cc1Cl. The van der Waals surface area contributed by atoms with Crippen molar-refractivity contribution in [2.45, 2.75) is 13.0 Å². The van der Waals surface area contributed by atoms with Crippen LogP contribution in [0.4, 0.5) is 8.78 Å². The summed E-state index contributed by atoms with van der Waals surface area (Å²) in [5, 5.41) is 0.0677. The number of amides is 1. The second-order valence-corrected chi connectivity index (χ2v) is 5.17. The van der Waals surface area contributed by atoms with E-state index in [1.807, 2.05) is 6.92 Å². The summed E-state index contributed by atoms with van der Waals surface area (Å²) in [6.45, 7) is 1.82. The van der Waals surface area contributed by atoms with Gasteiger partial charge >= 0.3 is 0 Å². The summed E-state index contributed by atoms with van der Waals surface area (Å²) in [4.78, 5) is 13.9. The predicted molar refractivity (Wildman–Crippen MR) is 78.3 cm³/mol. The van der Waals surface area contributed by atoms with E-state index in [-0.39, 0.29) is 28.4 Å². The van der Waals surface area contributed by atoms with Crippen LogP contribution in [0, 0.1) is 11.6 Å². The van der Waals surface area contributed by atoms with Crippen LogP contribution in [-0.4, -0.2) is 17.9 Å². The van der Waals surface area contributed by atoms with Crippen molar-refractivity contribution in [3.8, 4) is 0 Å². The minimum Gasteiger partial charge on any atom is -0.335 e. The molecule has 110 valence electrons. The lowest BCUT2D eigenvalue weighted by atomic mass is 10.1. The average Bonchev–Trinajstić information content (AvgIpc) is 2.46. The molecular weight excluding hydrogens is 296 g/mol. The first-order valence-electron chi connectivity index (χ1n) is 6.38. The van der Waals surface area contributed by atoms with E-state index in [0.717, 1.165) is 11.6 Å². The molecule has 0 N–H and O–H groups in total. The first kappa shape index (κ1) is 15.4. The number of benzene rings is 2. The summed E-state index contributed by atoms with van der Waals surface area (Å²) in [7, 11) is 1.62. The third kappa shape index (κ3) is 3.39. The third-order valence-electron chi connectivity index (χ3n) is 3.42. The van der Waals surface area contributed by atoms with Gasteiger partial charge in [-0.3, -0.25) is 4.79 Å². The maximum absolute atomic E-state index is 13.0. The fourth-order valence-corrected chi connectivity index (χ4v) is 2.24. The van der Waals surface area contributed by atoms with Crippen LogP contribution in [0.3, 0.4) is 0 Å². The molecule has 0 saturated carbocycles. The number of hydrogen-bond donors (Lipinski definition) is 0. The van der Waals surface area contributed by atoms with Crippen molar-refractivity contribution in [2.24, 2.45) is 0 Å². The second-order valence-electron chi connectivity index (χ2n) is 4.77. The Bertz CT molecular complexity index is 658. The van der Waals surface area contributed by atoms with Crippen LogP contribution in [0.15, 0.2) is 42.5 Å². The van der Waals surface area contributed by atoms with Crippen LogP contribution >= 0.6 is 11.6 Å². The number of nitrogens with zero attached hydrogens (tertiary/aromatic N) is 1. The van der Waals surface area contributed by atoms with Crippen molar-refractivity contribution < 1.29 is 13.6 Å². The maximum atomic E-state index is 13.0. The Morgan fingerprint density at radius 1 is 1.10 bits per heavy atom. The molecule has 1 amide bonds. The molecule has 0 spiro atoms. The minimum atomic E-state index is -0.495. The van der Waals surface area contributed by atoms with Crippen molar-refractivity contribution in [3.63, 3.8) is 0 Å². The molecule has 0 aliphatic carbocycles. The van der Waals surface area contributed by atoms with Crippen LogP contribution < -0.4 is 0 Å². The van der Waals surface area contributed by atoms with Gasteiger partial charge in [0.1, 0.15) is 11.6 Å². The first-order chi connectivity index (χ1) is 9.90. The molecule has 5 heteroatoms. The van der Waals surface area contributed by atoms with Gasteiger partial charge in [0.25, 0.3) is 5.91 Å². The van der Waals surface area contributed by atoms with Gasteiger partial charge in [-0.2, -0.15) is 0 Å². The molecule has 0 fully saturated rings. The van der Waals surface area contributed by atoms with Crippen molar-refractivity contribution in [1.82, 2.24) is 4.90 Å². The molecule has 2 aromatic rings. The highest BCUT2D eigenvalue weighted by atomic mass is 35.5. The minimum absolute atomic E-state index is 0.0677. The number of hydrogen-bond acceptors (Lipinski definition) is 1. The van der Waals surface area contributed by atoms with E-state index in [4.69, 9.17) is 11.6 Å². The zero-order valence-corrected chi connectivity index (χ0v) is 12.4. The average molecular weight is 310 g/mol. The van der Waals surface area contributed by atoms with Gasteiger partial charge < -0.3 is 4.90 Å². The molecule has 0 aromatic heterocycles. The highest BCUT2D eigenvalue weighted by Crippen LogP contribution is 2.24. The van der Waals surface area contributed by atoms with E-state index in [0.29, 0.717) is 0 Å². The molecule has 2 aromatic carbocycles. The molecule has 0 radical (unpaired) electrons. The normalized spacial score (nSPS) is 12.0. The van der Waals surface area contributed by atoms with Gasteiger partial charge in [0.15, 0.2) is 0 Å². The quantitative estimate of drug-likeness (QED) is 0.820. The molecule has 1 unspecified atom stereocenters. The van der Waals surface area contributed by atoms with Gasteiger partial charge in [-0.25, -0.2) is 8.78 Å². The Morgan fingerprint density at radius 2 is 1.67 bits per heavy atom. The Labute approximate surface area is 127 Å². The van der Waals surface area contributed by atoms with Crippen molar-refractivity contribution in [2.75, 3.05) is 7.05 Å². The fourth-order valence-electron chi connectivity index (χ4n) is 1.99. The topological polar surface area (TPSA) is 20.3 Å². The monoisotopic (exact) mass is 309 g/mol. The van der Waals surface area contributed by atoms with Crippen LogP contribution in [0.2, 0.25) is 5.02 Å². The second kappa shape index (κ2) is 6.22. The lowest BCUT2D eigenvalue weighted by Crippen LogP contribution is -2.29. The summed E-state index contributed by atoms with van der Waals surface area (Å²) in [5.74, 6) is -1.15. The predicted octanol–water partition coefficient (Wildman–Crippen LogP) is 4.45. The lowest BCUT2D eigenvalue weighted by molar-refractivity contribution is 0.0743. The summed E-state index contributed by atoms with van der Waals surface area (Å²) >= 11 is 5.90. The van der Waals surface area contributed by atoms with Gasteiger partial charge in [-0.15, -0.1) is 0 Å². The Kier molecular flexibility index (Phi) is 4.58. The van der Waals surface area contributed by atoms with E-state index in [1.165, 1.54) is 29.2 Å². The highest BCUT2D eigenvalue weighted by molar-refractivity contribution is 6.33. The smallest absolute Gasteiger partial charge is 0.255 e. The zero-order valence-electron chi connectivity index (χ0n) is 11.6. The Hall–Kier alpha value is -1.94. The molecule has 0 saturated heterocycles. The largest absolute Gasteiger partial charge is 0.335 e. The summed E-state index contributed by atoms with van der Waals surface area (Å²) < 4.78 is 26.0. The van der Waals surface area contributed by atoms with E-state index in [9.17, 15) is 13.6 Å². The van der Waals surface area contributed by atoms with Crippen molar-refractivity contribution >= 4 is 17.5 Å². The molecule has 1 atom stereocenters. The first-order valence-corrected chi connectivity index (χ1v) is 6.75. The zero-order chi connectivity index (χ0) is 15.6.